The molecule has 26 heavy (non-hydrogen) atoms. The van der Waals surface area contributed by atoms with Crippen LogP contribution in [0.15, 0.2) is 66.9 Å². The summed E-state index contributed by atoms with van der Waals surface area (Å²) in [6.45, 7) is 1.95. The number of aromatic nitrogens is 1. The number of non-ortho nitro benzene ring substituents is 1. The SMILES string of the molecule is CCOC(=O)c1cnc(-c2ccccc2)cc1-c1cccc([N+](=O)[O-])c1. The first-order valence-corrected chi connectivity index (χ1v) is 8.07. The number of carbonyl (C=O) groups is 1. The number of nitro benzene ring substituents is 1. The summed E-state index contributed by atoms with van der Waals surface area (Å²) >= 11 is 0. The molecule has 0 saturated heterocycles. The van der Waals surface area contributed by atoms with Crippen LogP contribution in [-0.2, 0) is 4.74 Å². The predicted octanol–water partition coefficient (Wildman–Crippen LogP) is 4.50. The topological polar surface area (TPSA) is 82.3 Å². The third-order valence-corrected chi connectivity index (χ3v) is 3.84. The second kappa shape index (κ2) is 7.57. The Morgan fingerprint density at radius 3 is 2.50 bits per heavy atom. The molecule has 3 rings (SSSR count). The molecule has 0 atom stereocenters. The van der Waals surface area contributed by atoms with Gasteiger partial charge in [-0.05, 0) is 18.6 Å². The van der Waals surface area contributed by atoms with Crippen molar-refractivity contribution in [1.82, 2.24) is 4.98 Å². The summed E-state index contributed by atoms with van der Waals surface area (Å²) in [7, 11) is 0. The average Bonchev–Trinajstić information content (AvgIpc) is 2.68. The van der Waals surface area contributed by atoms with Crippen molar-refractivity contribution in [3.63, 3.8) is 0 Å². The number of hydrogen-bond acceptors (Lipinski definition) is 5. The summed E-state index contributed by atoms with van der Waals surface area (Å²) in [5.74, 6) is -0.513. The van der Waals surface area contributed by atoms with Crippen LogP contribution in [0.5, 0.6) is 0 Å². The largest absolute Gasteiger partial charge is 0.462 e. The molecule has 0 aliphatic heterocycles. The maximum Gasteiger partial charge on any atom is 0.340 e. The van der Waals surface area contributed by atoms with E-state index in [1.807, 2.05) is 30.3 Å². The van der Waals surface area contributed by atoms with Crippen molar-refractivity contribution < 1.29 is 14.5 Å². The van der Waals surface area contributed by atoms with E-state index in [-0.39, 0.29) is 17.9 Å². The van der Waals surface area contributed by atoms with E-state index in [0.29, 0.717) is 16.8 Å². The van der Waals surface area contributed by atoms with E-state index in [1.165, 1.54) is 18.3 Å². The van der Waals surface area contributed by atoms with Crippen LogP contribution in [0.25, 0.3) is 22.4 Å². The summed E-state index contributed by atoms with van der Waals surface area (Å²) in [6, 6.07) is 17.4. The molecule has 6 heteroatoms. The lowest BCUT2D eigenvalue weighted by Gasteiger charge is -2.11. The maximum absolute atomic E-state index is 12.3. The van der Waals surface area contributed by atoms with Crippen LogP contribution in [0.4, 0.5) is 5.69 Å². The van der Waals surface area contributed by atoms with Crippen molar-refractivity contribution in [1.29, 1.82) is 0 Å². The van der Waals surface area contributed by atoms with Gasteiger partial charge in [0.05, 0.1) is 22.8 Å². The lowest BCUT2D eigenvalue weighted by atomic mass is 9.98. The zero-order valence-electron chi connectivity index (χ0n) is 14.1. The van der Waals surface area contributed by atoms with Crippen molar-refractivity contribution in [2.24, 2.45) is 0 Å². The van der Waals surface area contributed by atoms with Gasteiger partial charge in [0.15, 0.2) is 0 Å². The minimum atomic E-state index is -0.513. The Hall–Kier alpha value is -3.54. The van der Waals surface area contributed by atoms with Crippen molar-refractivity contribution in [3.05, 3.63) is 82.5 Å². The molecule has 0 bridgehead atoms. The van der Waals surface area contributed by atoms with Gasteiger partial charge < -0.3 is 4.74 Å². The van der Waals surface area contributed by atoms with Gasteiger partial charge in [-0.2, -0.15) is 0 Å². The molecule has 130 valence electrons. The Kier molecular flexibility index (Phi) is 5.03. The first-order valence-electron chi connectivity index (χ1n) is 8.07. The second-order valence-electron chi connectivity index (χ2n) is 5.51. The van der Waals surface area contributed by atoms with Crippen molar-refractivity contribution in [2.45, 2.75) is 6.92 Å². The predicted molar refractivity (Wildman–Crippen MR) is 97.7 cm³/mol. The van der Waals surface area contributed by atoms with Crippen LogP contribution in [-0.4, -0.2) is 22.5 Å². The summed E-state index contributed by atoms with van der Waals surface area (Å²) in [6.07, 6.45) is 1.45. The van der Waals surface area contributed by atoms with Gasteiger partial charge in [0.2, 0.25) is 0 Å². The Morgan fingerprint density at radius 2 is 1.81 bits per heavy atom. The van der Waals surface area contributed by atoms with Crippen LogP contribution in [0.3, 0.4) is 0 Å². The minimum Gasteiger partial charge on any atom is -0.462 e. The van der Waals surface area contributed by atoms with Gasteiger partial charge in [-0.3, -0.25) is 15.1 Å². The number of nitro groups is 1. The monoisotopic (exact) mass is 348 g/mol. The highest BCUT2D eigenvalue weighted by molar-refractivity contribution is 5.98. The molecule has 1 aromatic heterocycles. The number of benzene rings is 2. The van der Waals surface area contributed by atoms with E-state index in [9.17, 15) is 14.9 Å². The molecule has 6 nitrogen and oxygen atoms in total. The number of rotatable bonds is 5. The molecule has 0 spiro atoms. The first kappa shape index (κ1) is 17.3. The van der Waals surface area contributed by atoms with E-state index in [0.717, 1.165) is 5.56 Å². The summed E-state index contributed by atoms with van der Waals surface area (Å²) in [5.41, 5.74) is 2.87. The number of hydrogen-bond donors (Lipinski definition) is 0. The first-order chi connectivity index (χ1) is 12.6. The number of pyridine rings is 1. The van der Waals surface area contributed by atoms with Gasteiger partial charge in [0, 0.05) is 29.5 Å². The Labute approximate surface area is 150 Å². The van der Waals surface area contributed by atoms with Gasteiger partial charge in [-0.15, -0.1) is 0 Å². The molecular weight excluding hydrogens is 332 g/mol. The highest BCUT2D eigenvalue weighted by Crippen LogP contribution is 2.30. The maximum atomic E-state index is 12.3. The molecule has 2 aromatic carbocycles. The molecule has 0 N–H and O–H groups in total. The highest BCUT2D eigenvalue weighted by Gasteiger charge is 2.18. The van der Waals surface area contributed by atoms with E-state index in [4.69, 9.17) is 4.74 Å². The zero-order valence-corrected chi connectivity index (χ0v) is 14.1. The van der Waals surface area contributed by atoms with E-state index in [2.05, 4.69) is 4.98 Å². The van der Waals surface area contributed by atoms with E-state index < -0.39 is 10.9 Å². The van der Waals surface area contributed by atoms with Crippen molar-refractivity contribution >= 4 is 11.7 Å². The Morgan fingerprint density at radius 1 is 1.08 bits per heavy atom. The molecule has 0 amide bonds. The molecule has 0 aliphatic rings. The Bertz CT molecular complexity index is 955. The minimum absolute atomic E-state index is 0.0459. The second-order valence-corrected chi connectivity index (χ2v) is 5.51. The van der Waals surface area contributed by atoms with Crippen molar-refractivity contribution in [2.75, 3.05) is 6.61 Å². The van der Waals surface area contributed by atoms with Crippen LogP contribution in [0.1, 0.15) is 17.3 Å². The van der Waals surface area contributed by atoms with E-state index in [1.54, 1.807) is 25.1 Å². The van der Waals surface area contributed by atoms with Crippen LogP contribution < -0.4 is 0 Å². The van der Waals surface area contributed by atoms with E-state index >= 15 is 0 Å². The molecule has 0 saturated carbocycles. The van der Waals surface area contributed by atoms with Crippen molar-refractivity contribution in [3.8, 4) is 22.4 Å². The Balaban J connectivity index is 2.17. The quantitative estimate of drug-likeness (QED) is 0.385. The molecule has 0 radical (unpaired) electrons. The number of ether oxygens (including phenoxy) is 1. The molecule has 0 aliphatic carbocycles. The number of nitrogens with zero attached hydrogens (tertiary/aromatic N) is 2. The molecule has 1 heterocycles. The third kappa shape index (κ3) is 3.59. The fraction of sp³-hybridized carbons (Fsp3) is 0.100. The van der Waals surface area contributed by atoms with Crippen LogP contribution in [0, 0.1) is 10.1 Å². The lowest BCUT2D eigenvalue weighted by Crippen LogP contribution is -2.07. The fourth-order valence-corrected chi connectivity index (χ4v) is 2.62. The normalized spacial score (nSPS) is 10.3. The smallest absolute Gasteiger partial charge is 0.340 e. The van der Waals surface area contributed by atoms with Gasteiger partial charge in [0.25, 0.3) is 5.69 Å². The molecular formula is C20H16N2O4. The number of esters is 1. The summed E-state index contributed by atoms with van der Waals surface area (Å²) in [4.78, 5) is 27.3. The van der Waals surface area contributed by atoms with Gasteiger partial charge in [0.1, 0.15) is 0 Å². The average molecular weight is 348 g/mol. The highest BCUT2D eigenvalue weighted by atomic mass is 16.6. The van der Waals surface area contributed by atoms with Gasteiger partial charge in [-0.1, -0.05) is 42.5 Å². The fourth-order valence-electron chi connectivity index (χ4n) is 2.62. The van der Waals surface area contributed by atoms with Gasteiger partial charge >= 0.3 is 5.97 Å². The van der Waals surface area contributed by atoms with Crippen LogP contribution in [0.2, 0.25) is 0 Å². The lowest BCUT2D eigenvalue weighted by molar-refractivity contribution is -0.384. The van der Waals surface area contributed by atoms with Crippen LogP contribution >= 0.6 is 0 Å². The summed E-state index contributed by atoms with van der Waals surface area (Å²) in [5, 5.41) is 11.1. The molecule has 0 unspecified atom stereocenters. The molecule has 0 fully saturated rings. The van der Waals surface area contributed by atoms with Gasteiger partial charge in [-0.25, -0.2) is 4.79 Å². The number of carbonyl (C=O) groups excluding carboxylic acids is 1. The zero-order chi connectivity index (χ0) is 18.5. The molecule has 3 aromatic rings. The standard InChI is InChI=1S/C20H16N2O4/c1-2-26-20(23)18-13-21-19(14-7-4-3-5-8-14)12-17(18)15-9-6-10-16(11-15)22(24)25/h3-13H,2H2,1H3. The summed E-state index contributed by atoms with van der Waals surface area (Å²) < 4.78 is 5.10. The third-order valence-electron chi connectivity index (χ3n) is 3.84.